The van der Waals surface area contributed by atoms with Crippen molar-refractivity contribution in [1.29, 1.82) is 5.26 Å². The van der Waals surface area contributed by atoms with Crippen molar-refractivity contribution in [2.24, 2.45) is 5.41 Å². The number of esters is 1. The van der Waals surface area contributed by atoms with Gasteiger partial charge in [0.15, 0.2) is 0 Å². The summed E-state index contributed by atoms with van der Waals surface area (Å²) in [5.41, 5.74) is -1.39. The second kappa shape index (κ2) is 13.4. The number of amides is 1. The van der Waals surface area contributed by atoms with E-state index >= 15 is 8.78 Å². The number of carbonyl (C=O) groups is 2. The second-order valence-electron chi connectivity index (χ2n) is 11.4. The summed E-state index contributed by atoms with van der Waals surface area (Å²) in [6, 6.07) is 11.8. The van der Waals surface area contributed by atoms with Gasteiger partial charge < -0.3 is 15.4 Å². The molecule has 0 radical (unpaired) electrons. The molecule has 11 heteroatoms. The van der Waals surface area contributed by atoms with Crippen molar-refractivity contribution in [3.63, 3.8) is 0 Å². The standard InChI is InChI=1S/C31H30Cl2F2N4O3.CH4/c1-30(2,3)13-24-31(16-36,20-10-9-18(32)12-22(20)34)25(19-6-5-7-21(33)26(19)35)27(39-24)28(40)38-15-17-8-11-23(37-14-17)29(41)42-4;/h5-12,14,24-25,27,39H,13,15H2,1-4H3,(H,38,40);1H4/t24-,25-,27+,31-;/m0./s1. The van der Waals surface area contributed by atoms with Gasteiger partial charge in [0, 0.05) is 35.3 Å². The molecule has 0 unspecified atom stereocenters. The summed E-state index contributed by atoms with van der Waals surface area (Å²) >= 11 is 12.2. The number of hydrogen-bond donors (Lipinski definition) is 2. The highest BCUT2D eigenvalue weighted by atomic mass is 35.5. The van der Waals surface area contributed by atoms with E-state index in [9.17, 15) is 14.9 Å². The summed E-state index contributed by atoms with van der Waals surface area (Å²) in [6.07, 6.45) is 1.78. The van der Waals surface area contributed by atoms with Crippen LogP contribution in [0.15, 0.2) is 54.7 Å². The van der Waals surface area contributed by atoms with Gasteiger partial charge in [-0.1, -0.05) is 75.7 Å². The molecule has 0 spiro atoms. The maximum Gasteiger partial charge on any atom is 0.356 e. The SMILES string of the molecule is C.COC(=O)c1ccc(CNC(=O)[C@@H]2N[C@@H](CC(C)(C)C)[C@](C#N)(c3ccc(Cl)cc3F)[C@H]2c2cccc(Cl)c2F)cn1. The van der Waals surface area contributed by atoms with Gasteiger partial charge in [0.25, 0.3) is 0 Å². The monoisotopic (exact) mass is 630 g/mol. The smallest absolute Gasteiger partial charge is 0.356 e. The third-order valence-electron chi connectivity index (χ3n) is 7.42. The number of rotatable bonds is 7. The minimum Gasteiger partial charge on any atom is -0.464 e. The Morgan fingerprint density at radius 1 is 1.16 bits per heavy atom. The molecule has 1 fully saturated rings. The van der Waals surface area contributed by atoms with Crippen molar-refractivity contribution in [3.8, 4) is 6.07 Å². The zero-order valence-electron chi connectivity index (χ0n) is 23.5. The molecule has 7 nitrogen and oxygen atoms in total. The van der Waals surface area contributed by atoms with Gasteiger partial charge in [-0.15, -0.1) is 0 Å². The van der Waals surface area contributed by atoms with Crippen molar-refractivity contribution in [2.75, 3.05) is 7.11 Å². The summed E-state index contributed by atoms with van der Waals surface area (Å²) in [6.45, 7) is 5.90. The first kappa shape index (κ1) is 33.9. The highest BCUT2D eigenvalue weighted by Gasteiger charge is 2.61. The van der Waals surface area contributed by atoms with Gasteiger partial charge in [0.05, 0.1) is 24.2 Å². The molecule has 2 heterocycles. The van der Waals surface area contributed by atoms with Crippen LogP contribution in [-0.4, -0.2) is 36.1 Å². The average Bonchev–Trinajstić information content (AvgIpc) is 3.25. The van der Waals surface area contributed by atoms with Crippen molar-refractivity contribution in [3.05, 3.63) is 98.8 Å². The predicted molar refractivity (Wildman–Crippen MR) is 162 cm³/mol. The van der Waals surface area contributed by atoms with Gasteiger partial charge in [-0.25, -0.2) is 18.6 Å². The summed E-state index contributed by atoms with van der Waals surface area (Å²) < 4.78 is 36.1. The summed E-state index contributed by atoms with van der Waals surface area (Å²) in [5, 5.41) is 16.9. The first-order valence-electron chi connectivity index (χ1n) is 13.2. The fraction of sp³-hybridized carbons (Fsp3) is 0.375. The highest BCUT2D eigenvalue weighted by Crippen LogP contribution is 2.52. The number of nitrogens with one attached hydrogen (secondary N) is 2. The van der Waals surface area contributed by atoms with Gasteiger partial charge in [-0.2, -0.15) is 5.26 Å². The summed E-state index contributed by atoms with van der Waals surface area (Å²) in [4.78, 5) is 29.6. The first-order valence-corrected chi connectivity index (χ1v) is 14.0. The number of pyridine rings is 1. The zero-order chi connectivity index (χ0) is 30.8. The van der Waals surface area contributed by atoms with Crippen LogP contribution in [-0.2, 0) is 21.5 Å². The number of methoxy groups -OCH3 is 1. The molecule has 0 aliphatic carbocycles. The highest BCUT2D eigenvalue weighted by molar-refractivity contribution is 6.31. The van der Waals surface area contributed by atoms with Crippen molar-refractivity contribution >= 4 is 35.1 Å². The summed E-state index contributed by atoms with van der Waals surface area (Å²) in [7, 11) is 1.25. The largest absolute Gasteiger partial charge is 0.464 e. The lowest BCUT2D eigenvalue weighted by Crippen LogP contribution is -2.45. The molecular weight excluding hydrogens is 597 g/mol. The normalized spacial score (nSPS) is 21.4. The molecule has 2 N–H and O–H groups in total. The van der Waals surface area contributed by atoms with Crippen LogP contribution in [0.4, 0.5) is 8.78 Å². The lowest BCUT2D eigenvalue weighted by molar-refractivity contribution is -0.123. The third kappa shape index (κ3) is 6.82. The van der Waals surface area contributed by atoms with Crippen LogP contribution < -0.4 is 10.6 Å². The van der Waals surface area contributed by atoms with Crippen molar-refractivity contribution in [1.82, 2.24) is 15.6 Å². The van der Waals surface area contributed by atoms with Gasteiger partial charge in [-0.05, 0) is 47.2 Å². The van der Waals surface area contributed by atoms with Crippen molar-refractivity contribution < 1.29 is 23.1 Å². The molecule has 4 atom stereocenters. The molecule has 0 saturated carbocycles. The Morgan fingerprint density at radius 3 is 2.47 bits per heavy atom. The fourth-order valence-corrected chi connectivity index (χ4v) is 5.95. The van der Waals surface area contributed by atoms with E-state index in [0.29, 0.717) is 12.0 Å². The van der Waals surface area contributed by atoms with E-state index in [4.69, 9.17) is 23.2 Å². The Kier molecular flexibility index (Phi) is 10.6. The number of ether oxygens (including phenoxy) is 1. The average molecular weight is 632 g/mol. The Hall–Kier alpha value is -3.58. The molecule has 2 aromatic carbocycles. The Labute approximate surface area is 260 Å². The number of carbonyl (C=O) groups excluding carboxylic acids is 2. The minimum atomic E-state index is -1.72. The lowest BCUT2D eigenvalue weighted by atomic mass is 9.62. The maximum atomic E-state index is 15.7. The quantitative estimate of drug-likeness (QED) is 0.281. The summed E-state index contributed by atoms with van der Waals surface area (Å²) in [5.74, 6) is -3.85. The lowest BCUT2D eigenvalue weighted by Gasteiger charge is -2.37. The number of nitriles is 1. The Balaban J connectivity index is 0.00000506. The van der Waals surface area contributed by atoms with Crippen LogP contribution in [0.5, 0.6) is 0 Å². The zero-order valence-corrected chi connectivity index (χ0v) is 25.0. The topological polar surface area (TPSA) is 104 Å². The van der Waals surface area contributed by atoms with Gasteiger partial charge >= 0.3 is 5.97 Å². The predicted octanol–water partition coefficient (Wildman–Crippen LogP) is 6.73. The van der Waals surface area contributed by atoms with Crippen LogP contribution in [0.1, 0.15) is 67.7 Å². The van der Waals surface area contributed by atoms with E-state index in [1.165, 1.54) is 49.7 Å². The van der Waals surface area contributed by atoms with Crippen LogP contribution in [0.3, 0.4) is 0 Å². The Bertz CT molecular complexity index is 1540. The fourth-order valence-electron chi connectivity index (χ4n) is 5.61. The molecule has 4 rings (SSSR count). The maximum absolute atomic E-state index is 15.7. The molecule has 1 saturated heterocycles. The second-order valence-corrected chi connectivity index (χ2v) is 12.3. The van der Waals surface area contributed by atoms with Crippen LogP contribution in [0.2, 0.25) is 10.0 Å². The molecule has 43 heavy (non-hydrogen) atoms. The molecular formula is C32H34Cl2F2N4O3. The van der Waals surface area contributed by atoms with Gasteiger partial charge in [-0.3, -0.25) is 4.79 Å². The molecule has 1 aliphatic heterocycles. The molecule has 1 aromatic heterocycles. The Morgan fingerprint density at radius 2 is 1.88 bits per heavy atom. The number of benzene rings is 2. The van der Waals surface area contributed by atoms with Crippen LogP contribution >= 0.6 is 23.2 Å². The van der Waals surface area contributed by atoms with E-state index < -0.39 is 46.9 Å². The van der Waals surface area contributed by atoms with Crippen LogP contribution in [0.25, 0.3) is 0 Å². The van der Waals surface area contributed by atoms with E-state index in [1.54, 1.807) is 6.07 Å². The van der Waals surface area contributed by atoms with E-state index in [1.807, 2.05) is 20.8 Å². The molecule has 228 valence electrons. The van der Waals surface area contributed by atoms with Gasteiger partial charge in [0.2, 0.25) is 5.91 Å². The van der Waals surface area contributed by atoms with E-state index in [0.717, 1.165) is 6.07 Å². The van der Waals surface area contributed by atoms with Gasteiger partial charge in [0.1, 0.15) is 22.7 Å². The number of aromatic nitrogens is 1. The number of hydrogen-bond acceptors (Lipinski definition) is 6. The first-order chi connectivity index (χ1) is 19.8. The van der Waals surface area contributed by atoms with Crippen molar-refractivity contribution in [2.45, 2.75) is 64.6 Å². The third-order valence-corrected chi connectivity index (χ3v) is 7.94. The van der Waals surface area contributed by atoms with E-state index in [-0.39, 0.29) is 46.3 Å². The minimum absolute atomic E-state index is 0. The number of halogens is 4. The molecule has 3 aromatic rings. The molecule has 1 aliphatic rings. The molecule has 1 amide bonds. The van der Waals surface area contributed by atoms with Crippen LogP contribution in [0, 0.1) is 28.4 Å². The van der Waals surface area contributed by atoms with E-state index in [2.05, 4.69) is 26.4 Å². The molecule has 0 bridgehead atoms. The number of nitrogens with zero attached hydrogens (tertiary/aromatic N) is 2.